The number of rotatable bonds is 6. The van der Waals surface area contributed by atoms with Gasteiger partial charge in [0, 0.05) is 30.5 Å². The Morgan fingerprint density at radius 3 is 2.79 bits per heavy atom. The zero-order valence-electron chi connectivity index (χ0n) is 15.8. The van der Waals surface area contributed by atoms with Crippen molar-refractivity contribution in [2.24, 2.45) is 0 Å². The highest BCUT2D eigenvalue weighted by atomic mass is 32.2. The quantitative estimate of drug-likeness (QED) is 0.645. The minimum absolute atomic E-state index is 0.0935. The fourth-order valence-corrected chi connectivity index (χ4v) is 3.84. The van der Waals surface area contributed by atoms with E-state index < -0.39 is 0 Å². The lowest BCUT2D eigenvalue weighted by Crippen LogP contribution is -2.14. The predicted octanol–water partition coefficient (Wildman–Crippen LogP) is 3.48. The third kappa shape index (κ3) is 3.82. The number of anilines is 3. The van der Waals surface area contributed by atoms with Crippen LogP contribution in [0.3, 0.4) is 0 Å². The molecule has 1 aromatic heterocycles. The molecule has 1 amide bonds. The van der Waals surface area contributed by atoms with Gasteiger partial charge in [-0.25, -0.2) is 0 Å². The predicted molar refractivity (Wildman–Crippen MR) is 111 cm³/mol. The molecule has 7 nitrogen and oxygen atoms in total. The van der Waals surface area contributed by atoms with E-state index in [1.54, 1.807) is 13.2 Å². The number of benzene rings is 2. The summed E-state index contributed by atoms with van der Waals surface area (Å²) in [6.45, 7) is 3.72. The highest BCUT2D eigenvalue weighted by Crippen LogP contribution is 2.32. The first kappa shape index (κ1) is 18.4. The lowest BCUT2D eigenvalue weighted by molar-refractivity contribution is -0.113. The maximum absolute atomic E-state index is 12.3. The van der Waals surface area contributed by atoms with E-state index in [0.717, 1.165) is 29.9 Å². The second kappa shape index (κ2) is 7.93. The molecule has 1 aliphatic heterocycles. The lowest BCUT2D eigenvalue weighted by Gasteiger charge is -2.15. The van der Waals surface area contributed by atoms with E-state index in [1.165, 1.54) is 17.3 Å². The Morgan fingerprint density at radius 2 is 2.00 bits per heavy atom. The van der Waals surface area contributed by atoms with Gasteiger partial charge in [0.2, 0.25) is 11.9 Å². The van der Waals surface area contributed by atoms with Crippen molar-refractivity contribution >= 4 is 35.0 Å². The molecule has 0 unspecified atom stereocenters. The summed E-state index contributed by atoms with van der Waals surface area (Å²) < 4.78 is 7.23. The molecule has 0 saturated heterocycles. The highest BCUT2D eigenvalue weighted by Gasteiger charge is 2.26. The molecule has 0 fully saturated rings. The number of aryl methyl sites for hydroxylation is 1. The molecule has 0 saturated carbocycles. The summed E-state index contributed by atoms with van der Waals surface area (Å²) in [7, 11) is 1.60. The molecule has 8 heteroatoms. The Morgan fingerprint density at radius 1 is 1.18 bits per heavy atom. The summed E-state index contributed by atoms with van der Waals surface area (Å²) in [6, 6.07) is 15.7. The molecule has 3 aromatic rings. The molecule has 2 heterocycles. The van der Waals surface area contributed by atoms with Gasteiger partial charge in [0.15, 0.2) is 5.16 Å². The largest absolute Gasteiger partial charge is 0.497 e. The van der Waals surface area contributed by atoms with Gasteiger partial charge in [-0.1, -0.05) is 35.5 Å². The third-order valence-corrected chi connectivity index (χ3v) is 5.48. The fraction of sp³-hybridized carbons (Fsp3) is 0.250. The van der Waals surface area contributed by atoms with Gasteiger partial charge in [0.25, 0.3) is 0 Å². The van der Waals surface area contributed by atoms with Crippen LogP contribution in [0.4, 0.5) is 17.3 Å². The molecule has 0 radical (unpaired) electrons. The number of nitrogens with one attached hydrogen (secondary N) is 1. The van der Waals surface area contributed by atoms with Gasteiger partial charge in [-0.05, 0) is 31.2 Å². The standard InChI is InChI=1S/C20H21N5O2S/c1-14-6-8-16(9-7-14)24-10-11-25-19(24)22-23-20(25)28-13-18(26)21-15-4-3-5-17(12-15)27-2/h3-9,12H,10-11,13H2,1-2H3,(H,21,26). The first-order chi connectivity index (χ1) is 13.6. The van der Waals surface area contributed by atoms with Gasteiger partial charge in [-0.15, -0.1) is 10.2 Å². The van der Waals surface area contributed by atoms with Crippen LogP contribution in [0.1, 0.15) is 5.56 Å². The first-order valence-electron chi connectivity index (χ1n) is 8.98. The molecule has 4 rings (SSSR count). The van der Waals surface area contributed by atoms with E-state index in [0.29, 0.717) is 11.4 Å². The van der Waals surface area contributed by atoms with Crippen LogP contribution in [0.5, 0.6) is 5.75 Å². The number of ether oxygens (including phenoxy) is 1. The van der Waals surface area contributed by atoms with Gasteiger partial charge in [0.1, 0.15) is 5.75 Å². The van der Waals surface area contributed by atoms with E-state index in [9.17, 15) is 4.79 Å². The number of hydrogen-bond donors (Lipinski definition) is 1. The van der Waals surface area contributed by atoms with Crippen LogP contribution in [0.15, 0.2) is 53.7 Å². The minimum atomic E-state index is -0.0935. The number of hydrogen-bond acceptors (Lipinski definition) is 6. The van der Waals surface area contributed by atoms with Crippen LogP contribution >= 0.6 is 11.8 Å². The maximum Gasteiger partial charge on any atom is 0.234 e. The number of thioether (sulfide) groups is 1. The first-order valence-corrected chi connectivity index (χ1v) is 9.97. The summed E-state index contributed by atoms with van der Waals surface area (Å²) in [4.78, 5) is 14.4. The molecule has 28 heavy (non-hydrogen) atoms. The van der Waals surface area contributed by atoms with E-state index in [-0.39, 0.29) is 11.7 Å². The van der Waals surface area contributed by atoms with Crippen molar-refractivity contribution in [2.75, 3.05) is 29.6 Å². The summed E-state index contributed by atoms with van der Waals surface area (Å²) in [6.07, 6.45) is 0. The van der Waals surface area contributed by atoms with Crippen molar-refractivity contribution in [1.82, 2.24) is 14.8 Å². The third-order valence-electron chi connectivity index (χ3n) is 4.52. The average Bonchev–Trinajstić information content (AvgIpc) is 3.30. The van der Waals surface area contributed by atoms with E-state index in [2.05, 4.69) is 56.2 Å². The number of carbonyl (C=O) groups is 1. The molecule has 1 aliphatic rings. The van der Waals surface area contributed by atoms with E-state index >= 15 is 0 Å². The second-order valence-electron chi connectivity index (χ2n) is 6.49. The number of fused-ring (bicyclic) bond motifs is 1. The summed E-state index contributed by atoms with van der Waals surface area (Å²) >= 11 is 1.39. The smallest absolute Gasteiger partial charge is 0.234 e. The van der Waals surface area contributed by atoms with Crippen LogP contribution < -0.4 is 15.0 Å². The Hall–Kier alpha value is -3.00. The van der Waals surface area contributed by atoms with Crippen molar-refractivity contribution in [3.05, 3.63) is 54.1 Å². The Kier molecular flexibility index (Phi) is 5.21. The SMILES string of the molecule is COc1cccc(NC(=O)CSc2nnc3n2CCN3c2ccc(C)cc2)c1. The van der Waals surface area contributed by atoms with Crippen molar-refractivity contribution in [1.29, 1.82) is 0 Å². The summed E-state index contributed by atoms with van der Waals surface area (Å²) in [5.74, 6) is 1.69. The minimum Gasteiger partial charge on any atom is -0.497 e. The van der Waals surface area contributed by atoms with Gasteiger partial charge < -0.3 is 15.0 Å². The monoisotopic (exact) mass is 395 g/mol. The normalized spacial score (nSPS) is 12.7. The molecule has 2 aromatic carbocycles. The number of nitrogens with zero attached hydrogens (tertiary/aromatic N) is 4. The number of aromatic nitrogens is 3. The Balaban J connectivity index is 1.39. The fourth-order valence-electron chi connectivity index (χ4n) is 3.08. The highest BCUT2D eigenvalue weighted by molar-refractivity contribution is 7.99. The molecule has 0 aliphatic carbocycles. The average molecular weight is 395 g/mol. The Labute approximate surface area is 167 Å². The number of carbonyl (C=O) groups excluding carboxylic acids is 1. The second-order valence-corrected chi connectivity index (χ2v) is 7.43. The molecule has 0 spiro atoms. The van der Waals surface area contributed by atoms with Crippen LogP contribution in [-0.4, -0.2) is 40.1 Å². The molecule has 0 atom stereocenters. The van der Waals surface area contributed by atoms with Crippen LogP contribution in [0, 0.1) is 6.92 Å². The zero-order chi connectivity index (χ0) is 19.5. The molecule has 1 N–H and O–H groups in total. The topological polar surface area (TPSA) is 72.3 Å². The number of amides is 1. The van der Waals surface area contributed by atoms with Crippen LogP contribution in [-0.2, 0) is 11.3 Å². The molecular formula is C20H21N5O2S. The maximum atomic E-state index is 12.3. The van der Waals surface area contributed by atoms with Gasteiger partial charge >= 0.3 is 0 Å². The van der Waals surface area contributed by atoms with Crippen LogP contribution in [0.25, 0.3) is 0 Å². The van der Waals surface area contributed by atoms with E-state index in [4.69, 9.17) is 4.74 Å². The van der Waals surface area contributed by atoms with Crippen LogP contribution in [0.2, 0.25) is 0 Å². The van der Waals surface area contributed by atoms with E-state index in [1.807, 2.05) is 18.2 Å². The zero-order valence-corrected chi connectivity index (χ0v) is 16.6. The van der Waals surface area contributed by atoms with Crippen molar-refractivity contribution in [3.8, 4) is 5.75 Å². The van der Waals surface area contributed by atoms with Crippen molar-refractivity contribution in [3.63, 3.8) is 0 Å². The lowest BCUT2D eigenvalue weighted by atomic mass is 10.2. The Bertz CT molecular complexity index is 987. The van der Waals surface area contributed by atoms with Gasteiger partial charge in [0.05, 0.1) is 12.9 Å². The van der Waals surface area contributed by atoms with Gasteiger partial charge in [-0.3, -0.25) is 9.36 Å². The molecule has 0 bridgehead atoms. The molecular weight excluding hydrogens is 374 g/mol. The number of methoxy groups -OCH3 is 1. The summed E-state index contributed by atoms with van der Waals surface area (Å²) in [5, 5.41) is 12.2. The summed E-state index contributed by atoms with van der Waals surface area (Å²) in [5.41, 5.74) is 3.04. The molecule has 144 valence electrons. The van der Waals surface area contributed by atoms with Gasteiger partial charge in [-0.2, -0.15) is 0 Å². The van der Waals surface area contributed by atoms with Crippen molar-refractivity contribution in [2.45, 2.75) is 18.6 Å². The van der Waals surface area contributed by atoms with Crippen molar-refractivity contribution < 1.29 is 9.53 Å².